The topological polar surface area (TPSA) is 96.0 Å². The van der Waals surface area contributed by atoms with Gasteiger partial charge in [-0.25, -0.2) is 8.42 Å². The first kappa shape index (κ1) is 31.6. The van der Waals surface area contributed by atoms with Crippen LogP contribution in [-0.4, -0.2) is 50.4 Å². The van der Waals surface area contributed by atoms with Crippen LogP contribution in [0.15, 0.2) is 88.2 Å². The number of amides is 2. The molecule has 0 heterocycles. The van der Waals surface area contributed by atoms with Crippen LogP contribution in [0.5, 0.6) is 5.75 Å². The lowest BCUT2D eigenvalue weighted by Gasteiger charge is -2.33. The van der Waals surface area contributed by atoms with E-state index in [9.17, 15) is 18.0 Å². The number of carbonyl (C=O) groups is 2. The largest absolute Gasteiger partial charge is 0.494 e. The molecule has 0 aliphatic heterocycles. The highest BCUT2D eigenvalue weighted by Crippen LogP contribution is 2.27. The summed E-state index contributed by atoms with van der Waals surface area (Å²) in [5, 5.41) is 3.12. The van der Waals surface area contributed by atoms with Crippen LogP contribution < -0.4 is 14.4 Å². The van der Waals surface area contributed by atoms with Gasteiger partial charge in [0.05, 0.1) is 17.2 Å². The third kappa shape index (κ3) is 8.13. The second-order valence-corrected chi connectivity index (χ2v) is 13.2. The lowest BCUT2D eigenvalue weighted by atomic mass is 9.95. The van der Waals surface area contributed by atoms with Gasteiger partial charge in [-0.1, -0.05) is 65.5 Å². The summed E-state index contributed by atoms with van der Waals surface area (Å²) in [5.41, 5.74) is 1.15. The molecule has 42 heavy (non-hydrogen) atoms. The highest BCUT2D eigenvalue weighted by molar-refractivity contribution is 9.10. The molecule has 2 amide bonds. The van der Waals surface area contributed by atoms with Crippen LogP contribution in [0.2, 0.25) is 0 Å². The van der Waals surface area contributed by atoms with Gasteiger partial charge >= 0.3 is 0 Å². The van der Waals surface area contributed by atoms with Crippen molar-refractivity contribution >= 4 is 43.5 Å². The summed E-state index contributed by atoms with van der Waals surface area (Å²) in [6, 6.07) is 21.5. The van der Waals surface area contributed by atoms with Gasteiger partial charge in [0, 0.05) is 17.1 Å². The molecule has 0 saturated heterocycles. The lowest BCUT2D eigenvalue weighted by Crippen LogP contribution is -2.53. The second-order valence-electron chi connectivity index (χ2n) is 10.4. The first-order valence-electron chi connectivity index (χ1n) is 14.3. The van der Waals surface area contributed by atoms with Crippen LogP contribution in [0.3, 0.4) is 0 Å². The molecule has 0 bridgehead atoms. The number of sulfonamides is 1. The van der Waals surface area contributed by atoms with Crippen molar-refractivity contribution in [1.29, 1.82) is 0 Å². The molecule has 3 aromatic rings. The number of halogens is 1. The number of rotatable bonds is 12. The quantitative estimate of drug-likeness (QED) is 0.262. The summed E-state index contributed by atoms with van der Waals surface area (Å²) < 4.78 is 35.3. The highest BCUT2D eigenvalue weighted by Gasteiger charge is 2.33. The van der Waals surface area contributed by atoms with E-state index in [2.05, 4.69) is 21.2 Å². The molecular weight excluding hydrogens is 618 g/mol. The van der Waals surface area contributed by atoms with Gasteiger partial charge in [0.1, 0.15) is 18.3 Å². The normalized spacial score (nSPS) is 14.5. The molecule has 4 rings (SSSR count). The van der Waals surface area contributed by atoms with Gasteiger partial charge in [-0.05, 0) is 80.8 Å². The Balaban J connectivity index is 1.66. The molecule has 0 radical (unpaired) electrons. The molecule has 1 fully saturated rings. The maximum atomic E-state index is 14.1. The number of ether oxygens (including phenoxy) is 1. The van der Waals surface area contributed by atoms with Gasteiger partial charge in [0.25, 0.3) is 10.0 Å². The Hall–Kier alpha value is -3.37. The Bertz CT molecular complexity index is 1430. The zero-order valence-corrected chi connectivity index (χ0v) is 26.4. The molecule has 1 atom stereocenters. The third-order valence-corrected chi connectivity index (χ3v) is 9.75. The van der Waals surface area contributed by atoms with Crippen LogP contribution in [-0.2, 0) is 26.2 Å². The maximum absolute atomic E-state index is 14.1. The number of hydrogen-bond acceptors (Lipinski definition) is 5. The minimum atomic E-state index is -4.14. The lowest BCUT2D eigenvalue weighted by molar-refractivity contribution is -0.139. The van der Waals surface area contributed by atoms with E-state index in [1.54, 1.807) is 43.3 Å². The SMILES string of the molecule is CCOc1ccc(N(CC(=O)N(Cc2ccccc2)[C@@H](C)C(=O)NC2CCCCC2)S(=O)(=O)c2ccc(Br)cc2)cc1. The van der Waals surface area contributed by atoms with Crippen molar-refractivity contribution in [3.8, 4) is 5.75 Å². The maximum Gasteiger partial charge on any atom is 0.264 e. The fraction of sp³-hybridized carbons (Fsp3) is 0.375. The van der Waals surface area contributed by atoms with E-state index in [-0.39, 0.29) is 23.4 Å². The van der Waals surface area contributed by atoms with Crippen molar-refractivity contribution in [1.82, 2.24) is 10.2 Å². The van der Waals surface area contributed by atoms with Gasteiger partial charge in [0.2, 0.25) is 11.8 Å². The average molecular weight is 657 g/mol. The molecular formula is C32H38BrN3O5S. The Labute approximate surface area is 257 Å². The summed E-state index contributed by atoms with van der Waals surface area (Å²) in [7, 11) is -4.14. The van der Waals surface area contributed by atoms with Crippen molar-refractivity contribution in [2.24, 2.45) is 0 Å². The Morgan fingerprint density at radius 3 is 2.21 bits per heavy atom. The summed E-state index contributed by atoms with van der Waals surface area (Å²) in [5.74, 6) is -0.137. The molecule has 1 N–H and O–H groups in total. The van der Waals surface area contributed by atoms with E-state index in [1.165, 1.54) is 17.0 Å². The average Bonchev–Trinajstić information content (AvgIpc) is 3.00. The summed E-state index contributed by atoms with van der Waals surface area (Å²) in [6.45, 7) is 3.70. The van der Waals surface area contributed by atoms with Crippen molar-refractivity contribution in [3.05, 3.63) is 88.9 Å². The molecule has 0 aromatic heterocycles. The molecule has 224 valence electrons. The predicted octanol–water partition coefficient (Wildman–Crippen LogP) is 5.91. The molecule has 1 aliphatic rings. The highest BCUT2D eigenvalue weighted by atomic mass is 79.9. The van der Waals surface area contributed by atoms with E-state index < -0.39 is 28.5 Å². The minimum Gasteiger partial charge on any atom is -0.494 e. The fourth-order valence-electron chi connectivity index (χ4n) is 5.07. The first-order valence-corrected chi connectivity index (χ1v) is 16.6. The van der Waals surface area contributed by atoms with Gasteiger partial charge < -0.3 is 15.0 Å². The number of hydrogen-bond donors (Lipinski definition) is 1. The molecule has 1 aliphatic carbocycles. The Morgan fingerprint density at radius 1 is 0.952 bits per heavy atom. The fourth-order valence-corrected chi connectivity index (χ4v) is 6.75. The van der Waals surface area contributed by atoms with Gasteiger partial charge in [-0.15, -0.1) is 0 Å². The number of benzene rings is 3. The molecule has 0 unspecified atom stereocenters. The van der Waals surface area contributed by atoms with Crippen molar-refractivity contribution < 1.29 is 22.7 Å². The monoisotopic (exact) mass is 655 g/mol. The van der Waals surface area contributed by atoms with E-state index in [1.807, 2.05) is 37.3 Å². The molecule has 3 aromatic carbocycles. The zero-order valence-electron chi connectivity index (χ0n) is 24.0. The minimum absolute atomic E-state index is 0.0464. The van der Waals surface area contributed by atoms with Crippen molar-refractivity contribution in [2.45, 2.75) is 69.5 Å². The van der Waals surface area contributed by atoms with Crippen LogP contribution >= 0.6 is 15.9 Å². The Kier molecular flexibility index (Phi) is 11.0. The number of nitrogens with one attached hydrogen (secondary N) is 1. The third-order valence-electron chi connectivity index (χ3n) is 7.43. The van der Waals surface area contributed by atoms with Crippen LogP contribution in [0.1, 0.15) is 51.5 Å². The van der Waals surface area contributed by atoms with E-state index in [0.717, 1.165) is 46.4 Å². The number of nitrogens with zero attached hydrogens (tertiary/aromatic N) is 2. The van der Waals surface area contributed by atoms with Crippen molar-refractivity contribution in [2.75, 3.05) is 17.5 Å². The number of carbonyl (C=O) groups excluding carboxylic acids is 2. The molecule has 8 nitrogen and oxygen atoms in total. The first-order chi connectivity index (χ1) is 20.2. The molecule has 10 heteroatoms. The van der Waals surface area contributed by atoms with E-state index >= 15 is 0 Å². The van der Waals surface area contributed by atoms with Crippen LogP contribution in [0, 0.1) is 0 Å². The molecule has 1 saturated carbocycles. The Morgan fingerprint density at radius 2 is 1.60 bits per heavy atom. The van der Waals surface area contributed by atoms with Gasteiger partial charge in [-0.3, -0.25) is 13.9 Å². The number of anilines is 1. The van der Waals surface area contributed by atoms with Gasteiger partial charge in [0.15, 0.2) is 0 Å². The van der Waals surface area contributed by atoms with Crippen LogP contribution in [0.4, 0.5) is 5.69 Å². The van der Waals surface area contributed by atoms with Crippen molar-refractivity contribution in [3.63, 3.8) is 0 Å². The second kappa shape index (κ2) is 14.7. The smallest absolute Gasteiger partial charge is 0.264 e. The summed E-state index contributed by atoms with van der Waals surface area (Å²) >= 11 is 3.35. The van der Waals surface area contributed by atoms with E-state index in [0.29, 0.717) is 18.0 Å². The van der Waals surface area contributed by atoms with Crippen LogP contribution in [0.25, 0.3) is 0 Å². The predicted molar refractivity (Wildman–Crippen MR) is 168 cm³/mol. The van der Waals surface area contributed by atoms with E-state index in [4.69, 9.17) is 4.74 Å². The zero-order chi connectivity index (χ0) is 30.1. The molecule has 0 spiro atoms. The standard InChI is InChI=1S/C32H38BrN3O5S/c1-3-41-29-18-16-28(17-19-29)36(42(39,40)30-20-14-26(33)15-21-30)23-31(37)35(22-25-10-6-4-7-11-25)24(2)32(38)34-27-12-8-5-9-13-27/h4,6-7,10-11,14-21,24,27H,3,5,8-9,12-13,22-23H2,1-2H3,(H,34,38)/t24-/m0/s1. The van der Waals surface area contributed by atoms with Gasteiger partial charge in [-0.2, -0.15) is 0 Å². The summed E-state index contributed by atoms with van der Waals surface area (Å²) in [6.07, 6.45) is 5.13. The summed E-state index contributed by atoms with van der Waals surface area (Å²) in [4.78, 5) is 29.0.